The molecule has 0 saturated carbocycles. The van der Waals surface area contributed by atoms with Crippen molar-refractivity contribution in [3.63, 3.8) is 0 Å². The van der Waals surface area contributed by atoms with Crippen molar-refractivity contribution in [2.45, 2.75) is 51.4 Å². The summed E-state index contributed by atoms with van der Waals surface area (Å²) in [4.78, 5) is 16.9. The molecule has 0 bridgehead atoms. The molecule has 0 N–H and O–H groups in total. The van der Waals surface area contributed by atoms with Crippen molar-refractivity contribution in [2.24, 2.45) is 0 Å². The molecule has 0 aliphatic heterocycles. The zero-order chi connectivity index (χ0) is 13.9. The predicted octanol–water partition coefficient (Wildman–Crippen LogP) is 3.70. The van der Waals surface area contributed by atoms with Crippen LogP contribution in [0.3, 0.4) is 0 Å². The highest BCUT2D eigenvalue weighted by atomic mass is 16.5. The maximum atomic E-state index is 12.1. The number of rotatable bonds is 2. The van der Waals surface area contributed by atoms with Crippen LogP contribution in [0.4, 0.5) is 0 Å². The molecule has 0 atom stereocenters. The number of methoxy groups -OCH3 is 1. The molecule has 0 unspecified atom stereocenters. The molecule has 0 saturated heterocycles. The number of carbonyl (C=O) groups excluding carboxylic acids is 1. The van der Waals surface area contributed by atoms with Crippen LogP contribution >= 0.6 is 0 Å². The minimum absolute atomic E-state index is 0.257. The summed E-state index contributed by atoms with van der Waals surface area (Å²) in [6, 6.07) is 2.02. The minimum atomic E-state index is -0.257. The lowest BCUT2D eigenvalue weighted by molar-refractivity contribution is 0.0599. The second-order valence-electron chi connectivity index (χ2n) is 5.66. The Morgan fingerprint density at radius 3 is 2.90 bits per heavy atom. The molecule has 0 aromatic carbocycles. The third kappa shape index (κ3) is 2.49. The van der Waals surface area contributed by atoms with Crippen molar-refractivity contribution in [1.29, 1.82) is 0 Å². The second-order valence-corrected chi connectivity index (χ2v) is 5.66. The van der Waals surface area contributed by atoms with Crippen molar-refractivity contribution >= 4 is 11.5 Å². The molecule has 1 aromatic heterocycles. The number of ether oxygens (including phenoxy) is 1. The Morgan fingerprint density at radius 1 is 1.15 bits per heavy atom. The first-order valence-corrected chi connectivity index (χ1v) is 7.60. The van der Waals surface area contributed by atoms with Crippen LogP contribution in [0.2, 0.25) is 0 Å². The third-order valence-electron chi connectivity index (χ3n) is 4.30. The van der Waals surface area contributed by atoms with Crippen LogP contribution in [0.1, 0.15) is 65.8 Å². The summed E-state index contributed by atoms with van der Waals surface area (Å²) in [6.45, 7) is 0. The van der Waals surface area contributed by atoms with E-state index in [4.69, 9.17) is 9.72 Å². The standard InChI is InChI=1S/C17H21NO2/c1-20-17(19)14-11-13-9-6-10-15(13)18-16(14)12-7-4-2-3-5-8-12/h7,11H,2-6,8-10H2,1H3. The van der Waals surface area contributed by atoms with Gasteiger partial charge in [0.1, 0.15) is 0 Å². The normalized spacial score (nSPS) is 18.1. The number of allylic oxidation sites excluding steroid dienone is 2. The van der Waals surface area contributed by atoms with E-state index in [1.807, 2.05) is 6.07 Å². The van der Waals surface area contributed by atoms with E-state index in [-0.39, 0.29) is 5.97 Å². The Bertz CT molecular complexity index is 560. The largest absolute Gasteiger partial charge is 0.465 e. The number of aryl methyl sites for hydroxylation is 2. The molecule has 0 amide bonds. The van der Waals surface area contributed by atoms with Crippen LogP contribution in [0.15, 0.2) is 12.1 Å². The Morgan fingerprint density at radius 2 is 2.05 bits per heavy atom. The number of pyridine rings is 1. The van der Waals surface area contributed by atoms with Gasteiger partial charge in [-0.2, -0.15) is 0 Å². The maximum absolute atomic E-state index is 12.1. The average Bonchev–Trinajstić information content (AvgIpc) is 2.76. The van der Waals surface area contributed by atoms with Crippen molar-refractivity contribution in [3.05, 3.63) is 34.7 Å². The number of aromatic nitrogens is 1. The van der Waals surface area contributed by atoms with Gasteiger partial charge in [0.2, 0.25) is 0 Å². The second kappa shape index (κ2) is 5.78. The lowest BCUT2D eigenvalue weighted by Crippen LogP contribution is -2.09. The highest BCUT2D eigenvalue weighted by Gasteiger charge is 2.22. The van der Waals surface area contributed by atoms with Gasteiger partial charge in [0, 0.05) is 5.69 Å². The summed E-state index contributed by atoms with van der Waals surface area (Å²) in [5.41, 5.74) is 5.17. The van der Waals surface area contributed by atoms with Crippen LogP contribution in [-0.2, 0) is 17.6 Å². The first kappa shape index (κ1) is 13.3. The first-order valence-electron chi connectivity index (χ1n) is 7.60. The number of carbonyl (C=O) groups is 1. The summed E-state index contributed by atoms with van der Waals surface area (Å²) in [7, 11) is 1.45. The van der Waals surface area contributed by atoms with Crippen molar-refractivity contribution in [2.75, 3.05) is 7.11 Å². The van der Waals surface area contributed by atoms with Crippen LogP contribution < -0.4 is 0 Å². The SMILES string of the molecule is COC(=O)c1cc2c(nc1C1=CCCCCC1)CCC2. The van der Waals surface area contributed by atoms with Crippen LogP contribution in [-0.4, -0.2) is 18.1 Å². The number of hydrogen-bond acceptors (Lipinski definition) is 3. The summed E-state index contributed by atoms with van der Waals surface area (Å²) < 4.78 is 4.95. The van der Waals surface area contributed by atoms with Crippen LogP contribution in [0.25, 0.3) is 5.57 Å². The number of nitrogens with zero attached hydrogens (tertiary/aromatic N) is 1. The van der Waals surface area contributed by atoms with Crippen LogP contribution in [0, 0.1) is 0 Å². The van der Waals surface area contributed by atoms with Gasteiger partial charge in [0.05, 0.1) is 18.4 Å². The molecule has 2 aliphatic rings. The molecule has 1 heterocycles. The van der Waals surface area contributed by atoms with E-state index >= 15 is 0 Å². The summed E-state index contributed by atoms with van der Waals surface area (Å²) in [6.07, 6.45) is 11.3. The van der Waals surface area contributed by atoms with Gasteiger partial charge in [-0.25, -0.2) is 4.79 Å². The fourth-order valence-corrected chi connectivity index (χ4v) is 3.21. The highest BCUT2D eigenvalue weighted by molar-refractivity contribution is 5.94. The van der Waals surface area contributed by atoms with Gasteiger partial charge in [-0.05, 0) is 62.1 Å². The Hall–Kier alpha value is -1.64. The smallest absolute Gasteiger partial charge is 0.340 e. The van der Waals surface area contributed by atoms with E-state index in [2.05, 4.69) is 6.08 Å². The molecule has 0 fully saturated rings. The summed E-state index contributed by atoms with van der Waals surface area (Å²) >= 11 is 0. The van der Waals surface area contributed by atoms with E-state index in [1.165, 1.54) is 43.2 Å². The molecule has 3 nitrogen and oxygen atoms in total. The first-order chi connectivity index (χ1) is 9.79. The number of fused-ring (bicyclic) bond motifs is 1. The number of hydrogen-bond donors (Lipinski definition) is 0. The lowest BCUT2D eigenvalue weighted by Gasteiger charge is -2.12. The van der Waals surface area contributed by atoms with E-state index in [1.54, 1.807) is 0 Å². The fourth-order valence-electron chi connectivity index (χ4n) is 3.21. The number of esters is 1. The molecule has 3 heteroatoms. The van der Waals surface area contributed by atoms with Crippen molar-refractivity contribution in [1.82, 2.24) is 4.98 Å². The molecule has 2 aliphatic carbocycles. The Labute approximate surface area is 120 Å². The van der Waals surface area contributed by atoms with E-state index in [0.29, 0.717) is 5.56 Å². The molecular formula is C17H21NO2. The zero-order valence-electron chi connectivity index (χ0n) is 12.1. The Balaban J connectivity index is 2.07. The molecule has 0 radical (unpaired) electrons. The van der Waals surface area contributed by atoms with Gasteiger partial charge in [0.15, 0.2) is 0 Å². The van der Waals surface area contributed by atoms with Gasteiger partial charge >= 0.3 is 5.97 Å². The van der Waals surface area contributed by atoms with Gasteiger partial charge in [-0.15, -0.1) is 0 Å². The average molecular weight is 271 g/mol. The molecule has 1 aromatic rings. The summed E-state index contributed by atoms with van der Waals surface area (Å²) in [5.74, 6) is -0.257. The third-order valence-corrected chi connectivity index (χ3v) is 4.30. The molecular weight excluding hydrogens is 250 g/mol. The van der Waals surface area contributed by atoms with Gasteiger partial charge < -0.3 is 4.74 Å². The minimum Gasteiger partial charge on any atom is -0.465 e. The Kier molecular flexibility index (Phi) is 3.86. The zero-order valence-corrected chi connectivity index (χ0v) is 12.1. The topological polar surface area (TPSA) is 39.2 Å². The van der Waals surface area contributed by atoms with Crippen LogP contribution in [0.5, 0.6) is 0 Å². The van der Waals surface area contributed by atoms with E-state index in [9.17, 15) is 4.79 Å². The van der Waals surface area contributed by atoms with E-state index < -0.39 is 0 Å². The highest BCUT2D eigenvalue weighted by Crippen LogP contribution is 2.31. The molecule has 20 heavy (non-hydrogen) atoms. The van der Waals surface area contributed by atoms with Gasteiger partial charge in [0.25, 0.3) is 0 Å². The lowest BCUT2D eigenvalue weighted by atomic mass is 9.99. The van der Waals surface area contributed by atoms with Gasteiger partial charge in [-0.3, -0.25) is 4.98 Å². The monoisotopic (exact) mass is 271 g/mol. The molecule has 106 valence electrons. The quantitative estimate of drug-likeness (QED) is 0.770. The summed E-state index contributed by atoms with van der Waals surface area (Å²) in [5, 5.41) is 0. The van der Waals surface area contributed by atoms with Gasteiger partial charge in [-0.1, -0.05) is 12.5 Å². The molecule has 0 spiro atoms. The fraction of sp³-hybridized carbons (Fsp3) is 0.529. The van der Waals surface area contributed by atoms with E-state index in [0.717, 1.165) is 37.8 Å². The predicted molar refractivity (Wildman–Crippen MR) is 78.7 cm³/mol. The van der Waals surface area contributed by atoms with Crippen molar-refractivity contribution in [3.8, 4) is 0 Å². The maximum Gasteiger partial charge on any atom is 0.340 e. The molecule has 3 rings (SSSR count). The van der Waals surface area contributed by atoms with Crippen molar-refractivity contribution < 1.29 is 9.53 Å².